The molecule has 2 heterocycles. The predicted molar refractivity (Wildman–Crippen MR) is 72.6 cm³/mol. The Hall–Kier alpha value is -1.46. The highest BCUT2D eigenvalue weighted by molar-refractivity contribution is 7.99. The molecule has 2 aromatic heterocycles. The van der Waals surface area contributed by atoms with E-state index in [1.165, 1.54) is 17.3 Å². The maximum atomic E-state index is 4.46. The zero-order chi connectivity index (χ0) is 13.0. The molecule has 5 heteroatoms. The van der Waals surface area contributed by atoms with Gasteiger partial charge in [-0.05, 0) is 49.9 Å². The first-order valence-corrected chi connectivity index (χ1v) is 6.58. The maximum absolute atomic E-state index is 4.46. The van der Waals surface area contributed by atoms with Crippen molar-refractivity contribution in [2.75, 3.05) is 7.05 Å². The minimum Gasteiger partial charge on any atom is -0.316 e. The highest BCUT2D eigenvalue weighted by atomic mass is 32.2. The van der Waals surface area contributed by atoms with Gasteiger partial charge in [0.25, 0.3) is 0 Å². The number of pyridine rings is 1. The maximum Gasteiger partial charge on any atom is 0.194 e. The normalized spacial score (nSPS) is 10.6. The zero-order valence-corrected chi connectivity index (χ0v) is 11.6. The third kappa shape index (κ3) is 3.27. The molecule has 0 aliphatic heterocycles. The lowest BCUT2D eigenvalue weighted by Crippen LogP contribution is -2.06. The van der Waals surface area contributed by atoms with Crippen LogP contribution in [0.2, 0.25) is 0 Å². The van der Waals surface area contributed by atoms with Crippen LogP contribution in [0.1, 0.15) is 16.8 Å². The molecule has 0 saturated heterocycles. The molecule has 0 aliphatic rings. The van der Waals surface area contributed by atoms with Crippen molar-refractivity contribution in [1.82, 2.24) is 20.3 Å². The van der Waals surface area contributed by atoms with Crippen LogP contribution >= 0.6 is 11.8 Å². The second kappa shape index (κ2) is 5.93. The molecule has 0 unspecified atom stereocenters. The summed E-state index contributed by atoms with van der Waals surface area (Å²) >= 11 is 1.50. The van der Waals surface area contributed by atoms with Crippen molar-refractivity contribution in [1.29, 1.82) is 0 Å². The standard InChI is InChI=1S/C13H16N4S/c1-9-6-11(7-14-3)8-16-12(9)18-13-15-5-4-10(2)17-13/h4-6,8,14H,7H2,1-3H3. The van der Waals surface area contributed by atoms with Gasteiger partial charge in [0.2, 0.25) is 0 Å². The van der Waals surface area contributed by atoms with Crippen molar-refractivity contribution in [3.63, 3.8) is 0 Å². The van der Waals surface area contributed by atoms with Crippen molar-refractivity contribution in [3.05, 3.63) is 41.3 Å². The Kier molecular flexibility index (Phi) is 4.28. The summed E-state index contributed by atoms with van der Waals surface area (Å²) in [4.78, 5) is 13.1. The Morgan fingerprint density at radius 3 is 2.78 bits per heavy atom. The molecule has 2 rings (SSSR count). The van der Waals surface area contributed by atoms with Gasteiger partial charge in [-0.1, -0.05) is 6.07 Å². The number of nitrogens with one attached hydrogen (secondary N) is 1. The van der Waals surface area contributed by atoms with Gasteiger partial charge in [-0.2, -0.15) is 0 Å². The Labute approximate surface area is 111 Å². The van der Waals surface area contributed by atoms with E-state index in [4.69, 9.17) is 0 Å². The SMILES string of the molecule is CNCc1cnc(Sc2nccc(C)n2)c(C)c1. The van der Waals surface area contributed by atoms with Crippen molar-refractivity contribution in [2.24, 2.45) is 0 Å². The summed E-state index contributed by atoms with van der Waals surface area (Å²) in [6, 6.07) is 4.03. The van der Waals surface area contributed by atoms with E-state index in [2.05, 4.69) is 33.3 Å². The van der Waals surface area contributed by atoms with Crippen LogP contribution in [-0.4, -0.2) is 22.0 Å². The van der Waals surface area contributed by atoms with E-state index in [1.54, 1.807) is 6.20 Å². The number of rotatable bonds is 4. The third-order valence-electron chi connectivity index (χ3n) is 2.43. The molecule has 0 amide bonds. The molecule has 4 nitrogen and oxygen atoms in total. The lowest BCUT2D eigenvalue weighted by atomic mass is 10.2. The molecule has 0 fully saturated rings. The van der Waals surface area contributed by atoms with E-state index in [-0.39, 0.29) is 0 Å². The number of nitrogens with zero attached hydrogens (tertiary/aromatic N) is 3. The molecule has 0 atom stereocenters. The van der Waals surface area contributed by atoms with Gasteiger partial charge < -0.3 is 5.32 Å². The van der Waals surface area contributed by atoms with E-state index in [9.17, 15) is 0 Å². The molecular weight excluding hydrogens is 244 g/mol. The average Bonchev–Trinajstić information content (AvgIpc) is 2.33. The molecule has 94 valence electrons. The van der Waals surface area contributed by atoms with Crippen LogP contribution < -0.4 is 5.32 Å². The number of hydrogen-bond acceptors (Lipinski definition) is 5. The van der Waals surface area contributed by atoms with Gasteiger partial charge in [0.05, 0.1) is 0 Å². The van der Waals surface area contributed by atoms with Crippen molar-refractivity contribution in [3.8, 4) is 0 Å². The van der Waals surface area contributed by atoms with E-state index in [0.717, 1.165) is 28.0 Å². The second-order valence-corrected chi connectivity index (χ2v) is 5.03. The quantitative estimate of drug-likeness (QED) is 0.855. The number of aryl methyl sites for hydroxylation is 2. The van der Waals surface area contributed by atoms with Crippen LogP contribution in [0.5, 0.6) is 0 Å². The minimum atomic E-state index is 0.743. The summed E-state index contributed by atoms with van der Waals surface area (Å²) < 4.78 is 0. The summed E-state index contributed by atoms with van der Waals surface area (Å²) in [6.07, 6.45) is 3.66. The lowest BCUT2D eigenvalue weighted by Gasteiger charge is -2.06. The van der Waals surface area contributed by atoms with Crippen LogP contribution in [0.25, 0.3) is 0 Å². The van der Waals surface area contributed by atoms with Gasteiger partial charge in [-0.25, -0.2) is 15.0 Å². The van der Waals surface area contributed by atoms with Gasteiger partial charge >= 0.3 is 0 Å². The van der Waals surface area contributed by atoms with Crippen LogP contribution in [0.4, 0.5) is 0 Å². The Morgan fingerprint density at radius 1 is 1.28 bits per heavy atom. The summed E-state index contributed by atoms with van der Waals surface area (Å²) in [5.41, 5.74) is 3.30. The van der Waals surface area contributed by atoms with E-state index in [0.29, 0.717) is 0 Å². The zero-order valence-electron chi connectivity index (χ0n) is 10.8. The molecule has 0 spiro atoms. The summed E-state index contributed by atoms with van der Waals surface area (Å²) in [6.45, 7) is 4.85. The largest absolute Gasteiger partial charge is 0.316 e. The average molecular weight is 260 g/mol. The fraction of sp³-hybridized carbons (Fsp3) is 0.308. The van der Waals surface area contributed by atoms with Crippen molar-refractivity contribution >= 4 is 11.8 Å². The second-order valence-electron chi connectivity index (χ2n) is 4.08. The molecule has 0 bridgehead atoms. The third-order valence-corrected chi connectivity index (χ3v) is 3.43. The first-order chi connectivity index (χ1) is 8.69. The summed E-state index contributed by atoms with van der Waals surface area (Å²) in [5.74, 6) is 0. The smallest absolute Gasteiger partial charge is 0.194 e. The lowest BCUT2D eigenvalue weighted by molar-refractivity contribution is 0.806. The molecule has 0 aromatic carbocycles. The van der Waals surface area contributed by atoms with Crippen LogP contribution in [0.3, 0.4) is 0 Å². The monoisotopic (exact) mass is 260 g/mol. The summed E-state index contributed by atoms with van der Waals surface area (Å²) in [5, 5.41) is 4.82. The van der Waals surface area contributed by atoms with Gasteiger partial charge in [0, 0.05) is 24.6 Å². The summed E-state index contributed by atoms with van der Waals surface area (Å²) in [7, 11) is 1.93. The molecule has 1 N–H and O–H groups in total. The Morgan fingerprint density at radius 2 is 2.11 bits per heavy atom. The Bertz CT molecular complexity index is 542. The highest BCUT2D eigenvalue weighted by Gasteiger charge is 2.06. The number of aromatic nitrogens is 3. The first-order valence-electron chi connectivity index (χ1n) is 5.76. The topological polar surface area (TPSA) is 50.7 Å². The van der Waals surface area contributed by atoms with Crippen molar-refractivity contribution < 1.29 is 0 Å². The van der Waals surface area contributed by atoms with Crippen LogP contribution in [-0.2, 0) is 6.54 Å². The molecular formula is C13H16N4S. The van der Waals surface area contributed by atoms with Gasteiger partial charge in [0.15, 0.2) is 5.16 Å². The van der Waals surface area contributed by atoms with E-state index in [1.807, 2.05) is 26.2 Å². The Balaban J connectivity index is 2.19. The molecule has 2 aromatic rings. The van der Waals surface area contributed by atoms with E-state index < -0.39 is 0 Å². The van der Waals surface area contributed by atoms with E-state index >= 15 is 0 Å². The van der Waals surface area contributed by atoms with Gasteiger partial charge in [-0.3, -0.25) is 0 Å². The molecule has 0 aliphatic carbocycles. The van der Waals surface area contributed by atoms with Crippen molar-refractivity contribution in [2.45, 2.75) is 30.6 Å². The number of hydrogen-bond donors (Lipinski definition) is 1. The van der Waals surface area contributed by atoms with Crippen LogP contribution in [0.15, 0.2) is 34.7 Å². The van der Waals surface area contributed by atoms with Crippen LogP contribution in [0, 0.1) is 13.8 Å². The van der Waals surface area contributed by atoms with Gasteiger partial charge in [-0.15, -0.1) is 0 Å². The predicted octanol–water partition coefficient (Wildman–Crippen LogP) is 2.36. The molecule has 18 heavy (non-hydrogen) atoms. The molecule has 0 saturated carbocycles. The minimum absolute atomic E-state index is 0.743. The molecule has 0 radical (unpaired) electrons. The fourth-order valence-electron chi connectivity index (χ4n) is 1.59. The first kappa shape index (κ1) is 13.0. The fourth-order valence-corrected chi connectivity index (χ4v) is 2.39. The van der Waals surface area contributed by atoms with Gasteiger partial charge in [0.1, 0.15) is 5.03 Å². The highest BCUT2D eigenvalue weighted by Crippen LogP contribution is 2.25.